The van der Waals surface area contributed by atoms with Crippen LogP contribution in [0.5, 0.6) is 0 Å². The number of aryl methyl sites for hydroxylation is 1. The normalized spacial score (nSPS) is 15.3. The van der Waals surface area contributed by atoms with Gasteiger partial charge in [0.2, 0.25) is 0 Å². The second-order valence-corrected chi connectivity index (χ2v) is 6.22. The van der Waals surface area contributed by atoms with Crippen molar-refractivity contribution in [2.24, 2.45) is 0 Å². The molecule has 0 radical (unpaired) electrons. The molecule has 6 heteroatoms. The summed E-state index contributed by atoms with van der Waals surface area (Å²) in [5.74, 6) is 2.60. The lowest BCUT2D eigenvalue weighted by Gasteiger charge is -2.16. The molecule has 0 spiro atoms. The summed E-state index contributed by atoms with van der Waals surface area (Å²) < 4.78 is 5.51. The van der Waals surface area contributed by atoms with Gasteiger partial charge in [0.1, 0.15) is 17.3 Å². The molecule has 128 valence electrons. The Bertz CT molecular complexity index is 675. The molecular formula is C18H24N4O2. The van der Waals surface area contributed by atoms with E-state index < -0.39 is 0 Å². The van der Waals surface area contributed by atoms with Crippen molar-refractivity contribution in [1.29, 1.82) is 0 Å². The summed E-state index contributed by atoms with van der Waals surface area (Å²) in [7, 11) is 0. The average molecular weight is 328 g/mol. The highest BCUT2D eigenvalue weighted by Gasteiger charge is 2.14. The maximum absolute atomic E-state index is 12.0. The van der Waals surface area contributed by atoms with Gasteiger partial charge in [-0.05, 0) is 50.5 Å². The molecule has 3 heterocycles. The molecule has 24 heavy (non-hydrogen) atoms. The number of furan rings is 1. The number of aromatic nitrogens is 1. The van der Waals surface area contributed by atoms with Gasteiger partial charge < -0.3 is 20.0 Å². The minimum absolute atomic E-state index is 0.172. The van der Waals surface area contributed by atoms with Crippen LogP contribution in [0.25, 0.3) is 0 Å². The Morgan fingerprint density at radius 2 is 2.08 bits per heavy atom. The summed E-state index contributed by atoms with van der Waals surface area (Å²) in [6.07, 6.45) is 4.30. The fraction of sp³-hybridized carbons (Fsp3) is 0.444. The van der Waals surface area contributed by atoms with Crippen LogP contribution in [0.4, 0.5) is 10.6 Å². The number of pyridine rings is 1. The SMILES string of the molecule is Cc1ccc(C(C)NC(=O)NCc2ccc(N3CCCC3)nc2)o1. The number of nitrogens with one attached hydrogen (secondary N) is 2. The van der Waals surface area contributed by atoms with E-state index in [1.165, 1.54) is 12.8 Å². The monoisotopic (exact) mass is 328 g/mol. The van der Waals surface area contributed by atoms with Gasteiger partial charge in [0.05, 0.1) is 6.04 Å². The smallest absolute Gasteiger partial charge is 0.315 e. The molecule has 0 bridgehead atoms. The van der Waals surface area contributed by atoms with Crippen molar-refractivity contribution in [2.75, 3.05) is 18.0 Å². The van der Waals surface area contributed by atoms with Crippen LogP contribution >= 0.6 is 0 Å². The highest BCUT2D eigenvalue weighted by atomic mass is 16.3. The van der Waals surface area contributed by atoms with Crippen LogP contribution in [0.15, 0.2) is 34.9 Å². The summed E-state index contributed by atoms with van der Waals surface area (Å²) in [6, 6.07) is 7.41. The molecule has 1 saturated heterocycles. The van der Waals surface area contributed by atoms with Crippen molar-refractivity contribution in [2.45, 2.75) is 39.3 Å². The molecule has 0 aromatic carbocycles. The van der Waals surface area contributed by atoms with Gasteiger partial charge in [0.25, 0.3) is 0 Å². The first kappa shape index (κ1) is 16.4. The van der Waals surface area contributed by atoms with E-state index in [0.29, 0.717) is 6.54 Å². The molecule has 1 atom stereocenters. The molecule has 6 nitrogen and oxygen atoms in total. The number of amides is 2. The maximum Gasteiger partial charge on any atom is 0.315 e. The summed E-state index contributed by atoms with van der Waals surface area (Å²) >= 11 is 0. The minimum Gasteiger partial charge on any atom is -0.464 e. The van der Waals surface area contributed by atoms with Crippen LogP contribution in [-0.2, 0) is 6.54 Å². The number of urea groups is 1. The predicted molar refractivity (Wildman–Crippen MR) is 92.9 cm³/mol. The number of rotatable bonds is 5. The summed E-state index contributed by atoms with van der Waals surface area (Å²) in [5, 5.41) is 5.71. The zero-order valence-electron chi connectivity index (χ0n) is 14.2. The summed E-state index contributed by atoms with van der Waals surface area (Å²) in [4.78, 5) is 18.8. The average Bonchev–Trinajstić information content (AvgIpc) is 3.25. The Morgan fingerprint density at radius 3 is 2.71 bits per heavy atom. The van der Waals surface area contributed by atoms with E-state index >= 15 is 0 Å². The van der Waals surface area contributed by atoms with Crippen LogP contribution in [0.2, 0.25) is 0 Å². The Labute approximate surface area is 142 Å². The van der Waals surface area contributed by atoms with Crippen LogP contribution in [0.1, 0.15) is 42.9 Å². The first-order chi connectivity index (χ1) is 11.6. The number of nitrogens with zero attached hydrogens (tertiary/aromatic N) is 2. The molecule has 1 aliphatic rings. The van der Waals surface area contributed by atoms with Crippen molar-refractivity contribution >= 4 is 11.8 Å². The second kappa shape index (κ2) is 7.38. The summed E-state index contributed by atoms with van der Waals surface area (Å²) in [6.45, 7) is 6.39. The Balaban J connectivity index is 1.47. The molecule has 2 aromatic heterocycles. The molecule has 0 aliphatic carbocycles. The predicted octanol–water partition coefficient (Wildman–Crippen LogP) is 3.14. The van der Waals surface area contributed by atoms with Gasteiger partial charge in [-0.25, -0.2) is 9.78 Å². The van der Waals surface area contributed by atoms with Gasteiger partial charge in [-0.1, -0.05) is 6.07 Å². The lowest BCUT2D eigenvalue weighted by atomic mass is 10.2. The third kappa shape index (κ3) is 4.07. The first-order valence-corrected chi connectivity index (χ1v) is 8.42. The topological polar surface area (TPSA) is 70.4 Å². The van der Waals surface area contributed by atoms with Crippen molar-refractivity contribution < 1.29 is 9.21 Å². The Morgan fingerprint density at radius 1 is 1.29 bits per heavy atom. The van der Waals surface area contributed by atoms with E-state index in [4.69, 9.17) is 4.42 Å². The van der Waals surface area contributed by atoms with Crippen molar-refractivity contribution in [3.8, 4) is 0 Å². The molecule has 3 rings (SSSR count). The minimum atomic E-state index is -0.222. The number of carbonyl (C=O) groups is 1. The molecule has 1 fully saturated rings. The van der Waals surface area contributed by atoms with E-state index in [0.717, 1.165) is 36.0 Å². The van der Waals surface area contributed by atoms with E-state index in [1.807, 2.05) is 44.3 Å². The fourth-order valence-corrected chi connectivity index (χ4v) is 2.84. The second-order valence-electron chi connectivity index (χ2n) is 6.22. The van der Waals surface area contributed by atoms with Gasteiger partial charge in [-0.3, -0.25) is 0 Å². The van der Waals surface area contributed by atoms with Crippen LogP contribution in [-0.4, -0.2) is 24.1 Å². The Hall–Kier alpha value is -2.50. The van der Waals surface area contributed by atoms with E-state index in [2.05, 4.69) is 20.5 Å². The van der Waals surface area contributed by atoms with Gasteiger partial charge in [-0.2, -0.15) is 0 Å². The van der Waals surface area contributed by atoms with Crippen LogP contribution in [0.3, 0.4) is 0 Å². The van der Waals surface area contributed by atoms with E-state index in [9.17, 15) is 4.79 Å². The maximum atomic E-state index is 12.0. The van der Waals surface area contributed by atoms with Gasteiger partial charge in [-0.15, -0.1) is 0 Å². The highest BCUT2D eigenvalue weighted by Crippen LogP contribution is 2.18. The fourth-order valence-electron chi connectivity index (χ4n) is 2.84. The van der Waals surface area contributed by atoms with E-state index in [-0.39, 0.29) is 12.1 Å². The van der Waals surface area contributed by atoms with Crippen LogP contribution < -0.4 is 15.5 Å². The highest BCUT2D eigenvalue weighted by molar-refractivity contribution is 5.74. The van der Waals surface area contributed by atoms with Crippen molar-refractivity contribution in [3.05, 3.63) is 47.5 Å². The quantitative estimate of drug-likeness (QED) is 0.884. The molecule has 2 N–H and O–H groups in total. The van der Waals surface area contributed by atoms with Crippen molar-refractivity contribution in [1.82, 2.24) is 15.6 Å². The Kier molecular flexibility index (Phi) is 5.03. The first-order valence-electron chi connectivity index (χ1n) is 8.42. The number of hydrogen-bond donors (Lipinski definition) is 2. The zero-order chi connectivity index (χ0) is 16.9. The molecule has 2 aromatic rings. The van der Waals surface area contributed by atoms with Gasteiger partial charge in [0, 0.05) is 25.8 Å². The third-order valence-electron chi connectivity index (χ3n) is 4.23. The molecule has 1 unspecified atom stereocenters. The van der Waals surface area contributed by atoms with Gasteiger partial charge in [0.15, 0.2) is 0 Å². The third-order valence-corrected chi connectivity index (χ3v) is 4.23. The molecule has 0 saturated carbocycles. The molecule has 2 amide bonds. The number of carbonyl (C=O) groups excluding carboxylic acids is 1. The molecule has 1 aliphatic heterocycles. The van der Waals surface area contributed by atoms with E-state index in [1.54, 1.807) is 0 Å². The lowest BCUT2D eigenvalue weighted by molar-refractivity contribution is 0.235. The molecular weight excluding hydrogens is 304 g/mol. The largest absolute Gasteiger partial charge is 0.464 e. The van der Waals surface area contributed by atoms with Gasteiger partial charge >= 0.3 is 6.03 Å². The van der Waals surface area contributed by atoms with Crippen LogP contribution in [0, 0.1) is 6.92 Å². The number of hydrogen-bond acceptors (Lipinski definition) is 4. The standard InChI is InChI=1S/C18H24N4O2/c1-13-5-7-16(24-13)14(2)21-18(23)20-12-15-6-8-17(19-11-15)22-9-3-4-10-22/h5-8,11,14H,3-4,9-10,12H2,1-2H3,(H2,20,21,23). The zero-order valence-corrected chi connectivity index (χ0v) is 14.2. The lowest BCUT2D eigenvalue weighted by Crippen LogP contribution is -2.36. The van der Waals surface area contributed by atoms with Crippen molar-refractivity contribution in [3.63, 3.8) is 0 Å². The summed E-state index contributed by atoms with van der Waals surface area (Å²) in [5.41, 5.74) is 0.981. The number of anilines is 1.